The van der Waals surface area contributed by atoms with Gasteiger partial charge in [0.05, 0.1) is 5.69 Å². The molecular formula is C12H23N3O. The maximum Gasteiger partial charge on any atom is 0.0522 e. The Kier molecular flexibility index (Phi) is 4.96. The minimum Gasteiger partial charge on any atom is -0.396 e. The Bertz CT molecular complexity index is 311. The Morgan fingerprint density at radius 3 is 2.81 bits per heavy atom. The Morgan fingerprint density at radius 1 is 1.50 bits per heavy atom. The smallest absolute Gasteiger partial charge is 0.0522 e. The van der Waals surface area contributed by atoms with Crippen molar-refractivity contribution in [1.82, 2.24) is 15.1 Å². The largest absolute Gasteiger partial charge is 0.396 e. The number of nitrogens with zero attached hydrogens (tertiary/aromatic N) is 2. The van der Waals surface area contributed by atoms with Gasteiger partial charge in [-0.2, -0.15) is 5.10 Å². The van der Waals surface area contributed by atoms with Crippen molar-refractivity contribution in [2.24, 2.45) is 0 Å². The SMILES string of the molecule is CCn1nccc1CNC(C)(CC)CCO. The lowest BCUT2D eigenvalue weighted by Gasteiger charge is -2.29. The van der Waals surface area contributed by atoms with Crippen molar-refractivity contribution in [2.75, 3.05) is 6.61 Å². The van der Waals surface area contributed by atoms with Gasteiger partial charge in [0, 0.05) is 31.4 Å². The lowest BCUT2D eigenvalue weighted by Crippen LogP contribution is -2.42. The van der Waals surface area contributed by atoms with E-state index in [9.17, 15) is 0 Å². The van der Waals surface area contributed by atoms with Crippen LogP contribution in [0.25, 0.3) is 0 Å². The fraction of sp³-hybridized carbons (Fsp3) is 0.750. The number of aromatic nitrogens is 2. The number of nitrogens with one attached hydrogen (secondary N) is 1. The first-order valence-electron chi connectivity index (χ1n) is 6.01. The van der Waals surface area contributed by atoms with E-state index in [1.807, 2.05) is 16.9 Å². The third-order valence-corrected chi connectivity index (χ3v) is 3.24. The van der Waals surface area contributed by atoms with Crippen molar-refractivity contribution in [3.05, 3.63) is 18.0 Å². The van der Waals surface area contributed by atoms with Gasteiger partial charge < -0.3 is 10.4 Å². The zero-order valence-corrected chi connectivity index (χ0v) is 10.5. The highest BCUT2D eigenvalue weighted by molar-refractivity contribution is 5.01. The Hall–Kier alpha value is -0.870. The van der Waals surface area contributed by atoms with Crippen LogP contribution in [-0.2, 0) is 13.1 Å². The van der Waals surface area contributed by atoms with Crippen molar-refractivity contribution >= 4 is 0 Å². The average molecular weight is 225 g/mol. The number of hydrogen-bond donors (Lipinski definition) is 2. The molecule has 1 rings (SSSR count). The molecule has 0 bridgehead atoms. The molecule has 0 aromatic carbocycles. The van der Waals surface area contributed by atoms with E-state index in [1.165, 1.54) is 5.69 Å². The minimum atomic E-state index is 0.0115. The maximum atomic E-state index is 9.03. The highest BCUT2D eigenvalue weighted by Crippen LogP contribution is 2.14. The summed E-state index contributed by atoms with van der Waals surface area (Å²) in [6, 6.07) is 2.03. The highest BCUT2D eigenvalue weighted by Gasteiger charge is 2.20. The quantitative estimate of drug-likeness (QED) is 0.740. The number of hydrogen-bond acceptors (Lipinski definition) is 3. The van der Waals surface area contributed by atoms with Crippen molar-refractivity contribution in [1.29, 1.82) is 0 Å². The van der Waals surface area contributed by atoms with Gasteiger partial charge in [-0.3, -0.25) is 4.68 Å². The Balaban J connectivity index is 2.55. The lowest BCUT2D eigenvalue weighted by molar-refractivity contribution is 0.213. The molecule has 0 spiro atoms. The van der Waals surface area contributed by atoms with Gasteiger partial charge in [-0.25, -0.2) is 0 Å². The molecule has 0 amide bonds. The summed E-state index contributed by atoms with van der Waals surface area (Å²) in [4.78, 5) is 0. The lowest BCUT2D eigenvalue weighted by atomic mass is 9.95. The Morgan fingerprint density at radius 2 is 2.25 bits per heavy atom. The molecule has 0 saturated carbocycles. The molecule has 1 atom stereocenters. The maximum absolute atomic E-state index is 9.03. The van der Waals surface area contributed by atoms with Gasteiger partial charge in [0.1, 0.15) is 0 Å². The second kappa shape index (κ2) is 6.01. The zero-order valence-electron chi connectivity index (χ0n) is 10.5. The second-order valence-corrected chi connectivity index (χ2v) is 4.38. The molecule has 0 saturated heterocycles. The molecule has 1 aromatic heterocycles. The standard InChI is InChI=1S/C12H23N3O/c1-4-12(3,7-9-16)13-10-11-6-8-14-15(11)5-2/h6,8,13,16H,4-5,7,9-10H2,1-3H3. The van der Waals surface area contributed by atoms with Crippen LogP contribution in [0, 0.1) is 0 Å². The van der Waals surface area contributed by atoms with E-state index in [2.05, 4.69) is 31.2 Å². The van der Waals surface area contributed by atoms with E-state index >= 15 is 0 Å². The molecule has 2 N–H and O–H groups in total. The summed E-state index contributed by atoms with van der Waals surface area (Å²) in [5, 5.41) is 16.8. The van der Waals surface area contributed by atoms with Crippen LogP contribution in [0.4, 0.5) is 0 Å². The van der Waals surface area contributed by atoms with Crippen LogP contribution in [-0.4, -0.2) is 27.0 Å². The van der Waals surface area contributed by atoms with E-state index in [1.54, 1.807) is 0 Å². The summed E-state index contributed by atoms with van der Waals surface area (Å²) in [7, 11) is 0. The van der Waals surface area contributed by atoms with Crippen molar-refractivity contribution in [3.8, 4) is 0 Å². The van der Waals surface area contributed by atoms with Gasteiger partial charge in [0.25, 0.3) is 0 Å². The van der Waals surface area contributed by atoms with E-state index in [4.69, 9.17) is 5.11 Å². The van der Waals surface area contributed by atoms with Gasteiger partial charge in [0.15, 0.2) is 0 Å². The van der Waals surface area contributed by atoms with Gasteiger partial charge in [0.2, 0.25) is 0 Å². The summed E-state index contributed by atoms with van der Waals surface area (Å²) >= 11 is 0. The molecule has 0 aliphatic heterocycles. The first-order valence-corrected chi connectivity index (χ1v) is 6.01. The highest BCUT2D eigenvalue weighted by atomic mass is 16.3. The third kappa shape index (κ3) is 3.32. The van der Waals surface area contributed by atoms with Crippen molar-refractivity contribution in [2.45, 2.75) is 52.2 Å². The van der Waals surface area contributed by atoms with Gasteiger partial charge in [-0.05, 0) is 32.8 Å². The molecule has 1 aromatic rings. The predicted octanol–water partition coefficient (Wildman–Crippen LogP) is 1.54. The molecular weight excluding hydrogens is 202 g/mol. The van der Waals surface area contributed by atoms with Crippen molar-refractivity contribution in [3.63, 3.8) is 0 Å². The van der Waals surface area contributed by atoms with Crippen LogP contribution in [0.15, 0.2) is 12.3 Å². The topological polar surface area (TPSA) is 50.1 Å². The molecule has 4 heteroatoms. The number of aliphatic hydroxyl groups excluding tert-OH is 1. The minimum absolute atomic E-state index is 0.0115. The van der Waals surface area contributed by atoms with Crippen LogP contribution in [0.2, 0.25) is 0 Å². The monoisotopic (exact) mass is 225 g/mol. The molecule has 1 unspecified atom stereocenters. The second-order valence-electron chi connectivity index (χ2n) is 4.38. The van der Waals surface area contributed by atoms with Gasteiger partial charge >= 0.3 is 0 Å². The number of rotatable bonds is 7. The van der Waals surface area contributed by atoms with Gasteiger partial charge in [-0.1, -0.05) is 6.92 Å². The summed E-state index contributed by atoms with van der Waals surface area (Å²) in [6.45, 7) is 8.30. The molecule has 0 radical (unpaired) electrons. The van der Waals surface area contributed by atoms with Crippen LogP contribution in [0.5, 0.6) is 0 Å². The molecule has 1 heterocycles. The molecule has 0 aliphatic rings. The average Bonchev–Trinajstić information content (AvgIpc) is 2.74. The van der Waals surface area contributed by atoms with Crippen LogP contribution in [0.1, 0.15) is 39.3 Å². The van der Waals surface area contributed by atoms with E-state index in [0.29, 0.717) is 0 Å². The molecule has 92 valence electrons. The molecule has 0 aliphatic carbocycles. The summed E-state index contributed by atoms with van der Waals surface area (Å²) < 4.78 is 1.99. The van der Waals surface area contributed by atoms with Crippen LogP contribution in [0.3, 0.4) is 0 Å². The molecule has 16 heavy (non-hydrogen) atoms. The first kappa shape index (κ1) is 13.2. The number of aryl methyl sites for hydroxylation is 1. The van der Waals surface area contributed by atoms with Crippen LogP contribution >= 0.6 is 0 Å². The summed E-state index contributed by atoms with van der Waals surface area (Å²) in [5.41, 5.74) is 1.21. The van der Waals surface area contributed by atoms with E-state index in [-0.39, 0.29) is 12.1 Å². The van der Waals surface area contributed by atoms with Gasteiger partial charge in [-0.15, -0.1) is 0 Å². The normalized spacial score (nSPS) is 15.0. The third-order valence-electron chi connectivity index (χ3n) is 3.24. The fourth-order valence-electron chi connectivity index (χ4n) is 1.74. The molecule has 4 nitrogen and oxygen atoms in total. The van der Waals surface area contributed by atoms with Crippen molar-refractivity contribution < 1.29 is 5.11 Å². The zero-order chi connectivity index (χ0) is 12.0. The first-order chi connectivity index (χ1) is 7.65. The molecule has 0 fully saturated rings. The Labute approximate surface area is 97.7 Å². The summed E-state index contributed by atoms with van der Waals surface area (Å²) in [5.74, 6) is 0. The number of aliphatic hydroxyl groups is 1. The summed E-state index contributed by atoms with van der Waals surface area (Å²) in [6.07, 6.45) is 3.62. The van der Waals surface area contributed by atoms with E-state index in [0.717, 1.165) is 25.9 Å². The van der Waals surface area contributed by atoms with E-state index < -0.39 is 0 Å². The van der Waals surface area contributed by atoms with Crippen LogP contribution < -0.4 is 5.32 Å². The predicted molar refractivity (Wildman–Crippen MR) is 65.1 cm³/mol. The fourth-order valence-corrected chi connectivity index (χ4v) is 1.74.